The Morgan fingerprint density at radius 1 is 1.28 bits per heavy atom. The molecule has 1 fully saturated rings. The summed E-state index contributed by atoms with van der Waals surface area (Å²) in [5, 5.41) is 0. The van der Waals surface area contributed by atoms with Crippen LogP contribution in [-0.2, 0) is 0 Å². The van der Waals surface area contributed by atoms with Crippen molar-refractivity contribution in [3.8, 4) is 0 Å². The zero-order chi connectivity index (χ0) is 13.1. The topological polar surface area (TPSA) is 32.5 Å². The van der Waals surface area contributed by atoms with Crippen molar-refractivity contribution < 1.29 is 0 Å². The van der Waals surface area contributed by atoms with Gasteiger partial charge < -0.3 is 10.6 Å². The summed E-state index contributed by atoms with van der Waals surface area (Å²) in [6, 6.07) is 9.46. The van der Waals surface area contributed by atoms with Crippen molar-refractivity contribution in [2.24, 2.45) is 5.73 Å². The van der Waals surface area contributed by atoms with Gasteiger partial charge in [-0.2, -0.15) is 0 Å². The maximum Gasteiger partial charge on any atom is 0.0367 e. The van der Waals surface area contributed by atoms with E-state index in [1.54, 1.807) is 0 Å². The van der Waals surface area contributed by atoms with Crippen LogP contribution in [0.2, 0.25) is 0 Å². The van der Waals surface area contributed by atoms with Gasteiger partial charge >= 0.3 is 0 Å². The second kappa shape index (κ2) is 5.72. The Labute approximate surface area is 111 Å². The van der Waals surface area contributed by atoms with Crippen molar-refractivity contribution >= 4 is 5.69 Å². The molecule has 2 N–H and O–H groups in total. The fraction of sp³-hybridized carbons (Fsp3) is 0.600. The quantitative estimate of drug-likeness (QED) is 0.889. The highest BCUT2D eigenvalue weighted by atomic mass is 15.3. The molecule has 1 unspecified atom stereocenters. The molecule has 2 atom stereocenters. The molecule has 0 amide bonds. The van der Waals surface area contributed by atoms with Gasteiger partial charge in [0.05, 0.1) is 0 Å². The van der Waals surface area contributed by atoms with Gasteiger partial charge in [-0.25, -0.2) is 0 Å². The number of hydrogen-bond acceptors (Lipinski definition) is 3. The zero-order valence-corrected chi connectivity index (χ0v) is 11.8. The van der Waals surface area contributed by atoms with Crippen molar-refractivity contribution in [2.45, 2.75) is 32.9 Å². The molecule has 0 bridgehead atoms. The standard InChI is InChI=1S/C15H25N3/c1-4-17-9-10-18(11-12(17)2)15-7-5-14(6-8-15)13(3)16/h5-8,12-13H,4,9-11,16H2,1-3H3/t12?,13-/m0/s1. The smallest absolute Gasteiger partial charge is 0.0367 e. The van der Waals surface area contributed by atoms with Gasteiger partial charge in [0.1, 0.15) is 0 Å². The van der Waals surface area contributed by atoms with Crippen LogP contribution in [0, 0.1) is 0 Å². The molecule has 3 nitrogen and oxygen atoms in total. The number of hydrogen-bond donors (Lipinski definition) is 1. The zero-order valence-electron chi connectivity index (χ0n) is 11.8. The lowest BCUT2D eigenvalue weighted by atomic mass is 10.1. The van der Waals surface area contributed by atoms with Gasteiger partial charge in [-0.1, -0.05) is 19.1 Å². The van der Waals surface area contributed by atoms with Crippen LogP contribution in [0.1, 0.15) is 32.4 Å². The fourth-order valence-electron chi connectivity index (χ4n) is 2.69. The number of rotatable bonds is 3. The lowest BCUT2D eigenvalue weighted by molar-refractivity contribution is 0.199. The Kier molecular flexibility index (Phi) is 4.25. The first-order valence-electron chi connectivity index (χ1n) is 6.96. The maximum absolute atomic E-state index is 5.88. The third kappa shape index (κ3) is 2.85. The molecule has 18 heavy (non-hydrogen) atoms. The first-order chi connectivity index (χ1) is 8.61. The van der Waals surface area contributed by atoms with Gasteiger partial charge in [0.25, 0.3) is 0 Å². The molecule has 0 aliphatic carbocycles. The molecule has 3 heteroatoms. The van der Waals surface area contributed by atoms with Gasteiger partial charge in [0.15, 0.2) is 0 Å². The largest absolute Gasteiger partial charge is 0.369 e. The second-order valence-corrected chi connectivity index (χ2v) is 5.30. The van der Waals surface area contributed by atoms with E-state index in [1.807, 2.05) is 6.92 Å². The predicted octanol–water partition coefficient (Wildman–Crippen LogP) is 2.24. The van der Waals surface area contributed by atoms with Crippen LogP contribution in [0.25, 0.3) is 0 Å². The van der Waals surface area contributed by atoms with E-state index in [2.05, 4.69) is 47.9 Å². The van der Waals surface area contributed by atoms with E-state index in [4.69, 9.17) is 5.73 Å². The van der Waals surface area contributed by atoms with Crippen LogP contribution < -0.4 is 10.6 Å². The average Bonchev–Trinajstić information content (AvgIpc) is 2.38. The minimum Gasteiger partial charge on any atom is -0.369 e. The van der Waals surface area contributed by atoms with Crippen LogP contribution in [0.5, 0.6) is 0 Å². The van der Waals surface area contributed by atoms with Gasteiger partial charge in [-0.15, -0.1) is 0 Å². The van der Waals surface area contributed by atoms with Crippen LogP contribution >= 0.6 is 0 Å². The van der Waals surface area contributed by atoms with Crippen molar-refractivity contribution in [3.05, 3.63) is 29.8 Å². The number of nitrogens with zero attached hydrogens (tertiary/aromatic N) is 2. The first kappa shape index (κ1) is 13.4. The summed E-state index contributed by atoms with van der Waals surface area (Å²) in [7, 11) is 0. The minimum atomic E-state index is 0.120. The Balaban J connectivity index is 2.04. The van der Waals surface area contributed by atoms with E-state index in [0.717, 1.165) is 26.2 Å². The summed E-state index contributed by atoms with van der Waals surface area (Å²) in [6.07, 6.45) is 0. The van der Waals surface area contributed by atoms with E-state index in [0.29, 0.717) is 6.04 Å². The Bertz CT molecular complexity index is 372. The number of likely N-dealkylation sites (N-methyl/N-ethyl adjacent to an activating group) is 1. The fourth-order valence-corrected chi connectivity index (χ4v) is 2.69. The molecule has 1 aromatic carbocycles. The van der Waals surface area contributed by atoms with Crippen molar-refractivity contribution in [2.75, 3.05) is 31.1 Å². The molecule has 1 aromatic rings. The molecule has 1 heterocycles. The highest BCUT2D eigenvalue weighted by Crippen LogP contribution is 2.21. The van der Waals surface area contributed by atoms with Gasteiger partial charge in [0.2, 0.25) is 0 Å². The second-order valence-electron chi connectivity index (χ2n) is 5.30. The number of nitrogens with two attached hydrogens (primary N) is 1. The highest BCUT2D eigenvalue weighted by molar-refractivity contribution is 5.48. The Hall–Kier alpha value is -1.06. The number of anilines is 1. The van der Waals surface area contributed by atoms with E-state index < -0.39 is 0 Å². The van der Waals surface area contributed by atoms with Gasteiger partial charge in [-0.3, -0.25) is 4.90 Å². The van der Waals surface area contributed by atoms with Crippen molar-refractivity contribution in [1.29, 1.82) is 0 Å². The molecule has 100 valence electrons. The molecule has 1 aliphatic heterocycles. The molecule has 2 rings (SSSR count). The summed E-state index contributed by atoms with van der Waals surface area (Å²) >= 11 is 0. The molecule has 1 aliphatic rings. The van der Waals surface area contributed by atoms with Crippen molar-refractivity contribution in [1.82, 2.24) is 4.90 Å². The summed E-state index contributed by atoms with van der Waals surface area (Å²) in [5.74, 6) is 0. The van der Waals surface area contributed by atoms with Crippen molar-refractivity contribution in [3.63, 3.8) is 0 Å². The predicted molar refractivity (Wildman–Crippen MR) is 78.0 cm³/mol. The average molecular weight is 247 g/mol. The lowest BCUT2D eigenvalue weighted by Gasteiger charge is -2.40. The third-order valence-corrected chi connectivity index (χ3v) is 3.96. The Morgan fingerprint density at radius 3 is 2.44 bits per heavy atom. The van der Waals surface area contributed by atoms with Crippen LogP contribution in [-0.4, -0.2) is 37.1 Å². The third-order valence-electron chi connectivity index (χ3n) is 3.96. The van der Waals surface area contributed by atoms with Crippen LogP contribution in [0.3, 0.4) is 0 Å². The normalized spacial score (nSPS) is 23.1. The van der Waals surface area contributed by atoms with E-state index in [1.165, 1.54) is 11.3 Å². The molecule has 0 aromatic heterocycles. The lowest BCUT2D eigenvalue weighted by Crippen LogP contribution is -2.51. The molecule has 0 saturated carbocycles. The summed E-state index contributed by atoms with van der Waals surface area (Å²) in [6.45, 7) is 11.1. The van der Waals surface area contributed by atoms with Crippen LogP contribution in [0.4, 0.5) is 5.69 Å². The molecule has 0 radical (unpaired) electrons. The minimum absolute atomic E-state index is 0.120. The SMILES string of the molecule is CCN1CCN(c2ccc([C@H](C)N)cc2)CC1C. The molecular weight excluding hydrogens is 222 g/mol. The maximum atomic E-state index is 5.88. The molecule has 0 spiro atoms. The monoisotopic (exact) mass is 247 g/mol. The highest BCUT2D eigenvalue weighted by Gasteiger charge is 2.22. The van der Waals surface area contributed by atoms with E-state index in [9.17, 15) is 0 Å². The summed E-state index contributed by atoms with van der Waals surface area (Å²) in [5.41, 5.74) is 8.41. The van der Waals surface area contributed by atoms with Crippen LogP contribution in [0.15, 0.2) is 24.3 Å². The van der Waals surface area contributed by atoms with Gasteiger partial charge in [-0.05, 0) is 38.1 Å². The summed E-state index contributed by atoms with van der Waals surface area (Å²) in [4.78, 5) is 5.01. The number of piperazine rings is 1. The molecule has 1 saturated heterocycles. The Morgan fingerprint density at radius 2 is 1.94 bits per heavy atom. The summed E-state index contributed by atoms with van der Waals surface area (Å²) < 4.78 is 0. The van der Waals surface area contributed by atoms with E-state index in [-0.39, 0.29) is 6.04 Å². The first-order valence-corrected chi connectivity index (χ1v) is 6.96. The van der Waals surface area contributed by atoms with E-state index >= 15 is 0 Å². The van der Waals surface area contributed by atoms with Gasteiger partial charge in [0, 0.05) is 37.4 Å². The molecular formula is C15H25N3. The number of benzene rings is 1.